The van der Waals surface area contributed by atoms with Gasteiger partial charge in [-0.05, 0) is 32.1 Å². The van der Waals surface area contributed by atoms with Gasteiger partial charge in [-0.2, -0.15) is 0 Å². The number of hydrogen-bond acceptors (Lipinski definition) is 4. The van der Waals surface area contributed by atoms with E-state index in [4.69, 9.17) is 4.74 Å². The van der Waals surface area contributed by atoms with Crippen LogP contribution in [0.5, 0.6) is 0 Å². The Labute approximate surface area is 97.9 Å². The number of methoxy groups -OCH3 is 1. The predicted molar refractivity (Wildman–Crippen MR) is 63.2 cm³/mol. The van der Waals surface area contributed by atoms with Crippen molar-refractivity contribution in [2.75, 3.05) is 19.1 Å². The highest BCUT2D eigenvalue weighted by Gasteiger charge is 2.33. The first-order chi connectivity index (χ1) is 7.35. The number of hydrogen-bond donors (Lipinski definition) is 1. The van der Waals surface area contributed by atoms with Gasteiger partial charge in [0.25, 0.3) is 0 Å². The van der Waals surface area contributed by atoms with E-state index in [2.05, 4.69) is 0 Å². The van der Waals surface area contributed by atoms with Gasteiger partial charge in [0.1, 0.15) is 9.84 Å². The van der Waals surface area contributed by atoms with Crippen molar-refractivity contribution in [1.29, 1.82) is 0 Å². The molecule has 0 amide bonds. The van der Waals surface area contributed by atoms with Crippen molar-refractivity contribution in [2.24, 2.45) is 0 Å². The third kappa shape index (κ3) is 4.80. The molecule has 0 aromatic heterocycles. The Morgan fingerprint density at radius 2 is 2.19 bits per heavy atom. The molecule has 0 aromatic carbocycles. The van der Waals surface area contributed by atoms with Crippen molar-refractivity contribution in [3.05, 3.63) is 0 Å². The lowest BCUT2D eigenvalue weighted by molar-refractivity contribution is -0.0634. The van der Waals surface area contributed by atoms with E-state index < -0.39 is 15.4 Å². The summed E-state index contributed by atoms with van der Waals surface area (Å²) in [5.41, 5.74) is -0.719. The van der Waals surface area contributed by atoms with Gasteiger partial charge < -0.3 is 9.84 Å². The summed E-state index contributed by atoms with van der Waals surface area (Å²) in [6.45, 7) is 0. The van der Waals surface area contributed by atoms with Gasteiger partial charge in [0, 0.05) is 25.5 Å². The summed E-state index contributed by atoms with van der Waals surface area (Å²) in [7, 11) is -1.25. The molecule has 4 nitrogen and oxygen atoms in total. The predicted octanol–water partition coefficient (Wildman–Crippen LogP) is 1.13. The second kappa shape index (κ2) is 5.47. The molecule has 5 heteroatoms. The fraction of sp³-hybridized carbons (Fsp3) is 1.00. The largest absolute Gasteiger partial charge is 0.390 e. The Balaban J connectivity index is 2.39. The van der Waals surface area contributed by atoms with Crippen LogP contribution in [-0.4, -0.2) is 44.3 Å². The van der Waals surface area contributed by atoms with Gasteiger partial charge in [-0.15, -0.1) is 0 Å². The molecule has 0 spiro atoms. The van der Waals surface area contributed by atoms with Crippen LogP contribution in [-0.2, 0) is 14.6 Å². The van der Waals surface area contributed by atoms with E-state index in [0.29, 0.717) is 19.3 Å². The maximum absolute atomic E-state index is 11.0. The Bertz CT molecular complexity index is 312. The molecule has 0 aliphatic heterocycles. The first-order valence-corrected chi connectivity index (χ1v) is 7.84. The average Bonchev–Trinajstić information content (AvgIpc) is 2.15. The van der Waals surface area contributed by atoms with Gasteiger partial charge in [-0.3, -0.25) is 0 Å². The molecule has 0 bridgehead atoms. The highest BCUT2D eigenvalue weighted by molar-refractivity contribution is 7.90. The zero-order chi connectivity index (χ0) is 12.2. The van der Waals surface area contributed by atoms with Crippen molar-refractivity contribution in [2.45, 2.75) is 50.2 Å². The van der Waals surface area contributed by atoms with Gasteiger partial charge in [-0.25, -0.2) is 8.42 Å². The first kappa shape index (κ1) is 13.9. The molecule has 16 heavy (non-hydrogen) atoms. The molecular formula is C11H22O4S. The van der Waals surface area contributed by atoms with E-state index in [1.165, 1.54) is 6.26 Å². The number of sulfone groups is 1. The lowest BCUT2D eigenvalue weighted by Crippen LogP contribution is -2.38. The SMILES string of the molecule is COC1CCCC(O)(CCCS(C)(=O)=O)C1. The van der Waals surface area contributed by atoms with Crippen molar-refractivity contribution in [3.63, 3.8) is 0 Å². The molecule has 1 rings (SSSR count). The molecule has 1 fully saturated rings. The molecule has 0 heterocycles. The van der Waals surface area contributed by atoms with Crippen LogP contribution in [0.2, 0.25) is 0 Å². The lowest BCUT2D eigenvalue weighted by Gasteiger charge is -2.36. The minimum atomic E-state index is -2.91. The van der Waals surface area contributed by atoms with Crippen LogP contribution >= 0.6 is 0 Å². The summed E-state index contributed by atoms with van der Waals surface area (Å²) in [5.74, 6) is 0.160. The van der Waals surface area contributed by atoms with Crippen LogP contribution in [0.25, 0.3) is 0 Å². The zero-order valence-electron chi connectivity index (χ0n) is 10.1. The number of rotatable bonds is 5. The van der Waals surface area contributed by atoms with Crippen LogP contribution in [0.4, 0.5) is 0 Å². The molecule has 1 aliphatic rings. The summed E-state index contributed by atoms with van der Waals surface area (Å²) in [4.78, 5) is 0. The summed E-state index contributed by atoms with van der Waals surface area (Å²) < 4.78 is 27.2. The summed E-state index contributed by atoms with van der Waals surface area (Å²) >= 11 is 0. The number of ether oxygens (including phenoxy) is 1. The molecule has 2 atom stereocenters. The van der Waals surface area contributed by atoms with Gasteiger partial charge in [0.05, 0.1) is 11.7 Å². The Hall–Kier alpha value is -0.130. The van der Waals surface area contributed by atoms with Gasteiger partial charge in [-0.1, -0.05) is 0 Å². The Kier molecular flexibility index (Phi) is 4.76. The molecule has 1 saturated carbocycles. The zero-order valence-corrected chi connectivity index (χ0v) is 10.9. The number of aliphatic hydroxyl groups is 1. The topological polar surface area (TPSA) is 63.6 Å². The highest BCUT2D eigenvalue weighted by atomic mass is 32.2. The van der Waals surface area contributed by atoms with E-state index in [-0.39, 0.29) is 11.9 Å². The average molecular weight is 250 g/mol. The van der Waals surface area contributed by atoms with Crippen molar-refractivity contribution in [1.82, 2.24) is 0 Å². The smallest absolute Gasteiger partial charge is 0.147 e. The Morgan fingerprint density at radius 3 is 2.75 bits per heavy atom. The van der Waals surface area contributed by atoms with Crippen molar-refractivity contribution >= 4 is 9.84 Å². The molecule has 96 valence electrons. The normalized spacial score (nSPS) is 31.6. The van der Waals surface area contributed by atoms with Crippen LogP contribution in [0.15, 0.2) is 0 Å². The lowest BCUT2D eigenvalue weighted by atomic mass is 9.80. The van der Waals surface area contributed by atoms with Crippen LogP contribution in [0.3, 0.4) is 0 Å². The molecule has 1 aliphatic carbocycles. The molecule has 0 radical (unpaired) electrons. The molecule has 0 saturated heterocycles. The molecular weight excluding hydrogens is 228 g/mol. The second-order valence-corrected chi connectivity index (χ2v) is 7.17. The third-order valence-electron chi connectivity index (χ3n) is 3.27. The minimum Gasteiger partial charge on any atom is -0.390 e. The summed E-state index contributed by atoms with van der Waals surface area (Å²) in [6.07, 6.45) is 5.78. The van der Waals surface area contributed by atoms with E-state index in [1.54, 1.807) is 7.11 Å². The molecule has 2 unspecified atom stereocenters. The standard InChI is InChI=1S/C11H22O4S/c1-15-10-5-3-6-11(12,9-10)7-4-8-16(2,13)14/h10,12H,3-9H2,1-2H3. The fourth-order valence-electron chi connectivity index (χ4n) is 2.38. The monoisotopic (exact) mass is 250 g/mol. The third-order valence-corrected chi connectivity index (χ3v) is 4.30. The highest BCUT2D eigenvalue weighted by Crippen LogP contribution is 2.33. The van der Waals surface area contributed by atoms with Crippen molar-refractivity contribution in [3.8, 4) is 0 Å². The van der Waals surface area contributed by atoms with E-state index >= 15 is 0 Å². The van der Waals surface area contributed by atoms with Gasteiger partial charge >= 0.3 is 0 Å². The Morgan fingerprint density at radius 1 is 1.50 bits per heavy atom. The van der Waals surface area contributed by atoms with E-state index in [9.17, 15) is 13.5 Å². The minimum absolute atomic E-state index is 0.122. The molecule has 1 N–H and O–H groups in total. The van der Waals surface area contributed by atoms with Gasteiger partial charge in [0.15, 0.2) is 0 Å². The van der Waals surface area contributed by atoms with E-state index in [0.717, 1.165) is 19.3 Å². The quantitative estimate of drug-likeness (QED) is 0.794. The van der Waals surface area contributed by atoms with Gasteiger partial charge in [0.2, 0.25) is 0 Å². The molecule has 0 aromatic rings. The second-order valence-electron chi connectivity index (χ2n) is 4.91. The van der Waals surface area contributed by atoms with Crippen LogP contribution in [0, 0.1) is 0 Å². The van der Waals surface area contributed by atoms with E-state index in [1.807, 2.05) is 0 Å². The summed E-state index contributed by atoms with van der Waals surface area (Å²) in [5, 5.41) is 10.3. The maximum atomic E-state index is 11.0. The summed E-state index contributed by atoms with van der Waals surface area (Å²) in [6, 6.07) is 0. The maximum Gasteiger partial charge on any atom is 0.147 e. The fourth-order valence-corrected chi connectivity index (χ4v) is 3.05. The van der Waals surface area contributed by atoms with Crippen LogP contribution < -0.4 is 0 Å². The van der Waals surface area contributed by atoms with Crippen LogP contribution in [0.1, 0.15) is 38.5 Å². The first-order valence-electron chi connectivity index (χ1n) is 5.77. The van der Waals surface area contributed by atoms with Crippen molar-refractivity contribution < 1.29 is 18.3 Å².